The maximum absolute atomic E-state index is 12.4. The first-order valence-corrected chi connectivity index (χ1v) is 8.98. The summed E-state index contributed by atoms with van der Waals surface area (Å²) in [5.41, 5.74) is 1.96. The summed E-state index contributed by atoms with van der Waals surface area (Å²) < 4.78 is 6.68. The Morgan fingerprint density at radius 1 is 1.11 bits per heavy atom. The second-order valence-electron chi connectivity index (χ2n) is 6.48. The monoisotopic (exact) mass is 374 g/mol. The third kappa shape index (κ3) is 3.59. The minimum Gasteiger partial charge on any atom is -0.458 e. The van der Waals surface area contributed by atoms with Crippen molar-refractivity contribution in [2.45, 2.75) is 26.0 Å². The molecule has 0 N–H and O–H groups in total. The van der Waals surface area contributed by atoms with Crippen molar-refractivity contribution in [2.75, 3.05) is 0 Å². The maximum Gasteiger partial charge on any atom is 0.308 e. The van der Waals surface area contributed by atoms with Gasteiger partial charge >= 0.3 is 5.97 Å². The van der Waals surface area contributed by atoms with Crippen molar-refractivity contribution in [1.29, 1.82) is 0 Å². The molecule has 2 heterocycles. The van der Waals surface area contributed by atoms with E-state index in [4.69, 9.17) is 4.74 Å². The van der Waals surface area contributed by atoms with Crippen molar-refractivity contribution in [3.8, 4) is 0 Å². The van der Waals surface area contributed by atoms with Crippen molar-refractivity contribution in [3.63, 3.8) is 0 Å². The molecule has 0 fully saturated rings. The second kappa shape index (κ2) is 7.56. The first-order chi connectivity index (χ1) is 13.6. The van der Waals surface area contributed by atoms with Gasteiger partial charge in [0.25, 0.3) is 5.56 Å². The van der Waals surface area contributed by atoms with Gasteiger partial charge in [-0.25, -0.2) is 4.68 Å². The Morgan fingerprint density at radius 3 is 2.71 bits per heavy atom. The molecule has 140 valence electrons. The zero-order valence-electron chi connectivity index (χ0n) is 15.3. The first-order valence-electron chi connectivity index (χ1n) is 8.98. The second-order valence-corrected chi connectivity index (χ2v) is 6.48. The largest absolute Gasteiger partial charge is 0.458 e. The Bertz CT molecular complexity index is 1220. The van der Waals surface area contributed by atoms with E-state index >= 15 is 0 Å². The minimum absolute atomic E-state index is 0.0261. The molecule has 7 nitrogen and oxygen atoms in total. The number of hydrogen-bond donors (Lipinski definition) is 0. The van der Waals surface area contributed by atoms with Gasteiger partial charge in [-0.3, -0.25) is 14.6 Å². The number of esters is 1. The molecular formula is C21H18N4O3. The third-order valence-electron chi connectivity index (χ3n) is 4.55. The van der Waals surface area contributed by atoms with Crippen LogP contribution in [0.15, 0.2) is 65.6 Å². The van der Waals surface area contributed by atoms with Crippen LogP contribution in [-0.4, -0.2) is 25.9 Å². The minimum atomic E-state index is -0.441. The van der Waals surface area contributed by atoms with Crippen molar-refractivity contribution in [1.82, 2.24) is 20.0 Å². The Hall–Kier alpha value is -3.61. The molecule has 0 amide bonds. The first kappa shape index (κ1) is 17.8. The molecule has 0 aliphatic carbocycles. The van der Waals surface area contributed by atoms with Crippen molar-refractivity contribution in [3.05, 3.63) is 76.7 Å². The summed E-state index contributed by atoms with van der Waals surface area (Å²) in [6, 6.07) is 16.7. The van der Waals surface area contributed by atoms with Crippen LogP contribution < -0.4 is 5.56 Å². The molecule has 0 spiro atoms. The van der Waals surface area contributed by atoms with Gasteiger partial charge in [0, 0.05) is 17.1 Å². The Morgan fingerprint density at radius 2 is 1.86 bits per heavy atom. The molecule has 2 aromatic heterocycles. The highest BCUT2D eigenvalue weighted by Gasteiger charge is 2.14. The highest BCUT2D eigenvalue weighted by atomic mass is 16.5. The molecule has 7 heteroatoms. The van der Waals surface area contributed by atoms with Gasteiger partial charge in [-0.15, -0.1) is 5.10 Å². The van der Waals surface area contributed by atoms with Crippen LogP contribution in [0.4, 0.5) is 0 Å². The summed E-state index contributed by atoms with van der Waals surface area (Å²) in [7, 11) is 0. The number of benzene rings is 2. The lowest BCUT2D eigenvalue weighted by Gasteiger charge is -2.14. The number of ether oxygens (including phenoxy) is 1. The smallest absolute Gasteiger partial charge is 0.308 e. The lowest BCUT2D eigenvalue weighted by atomic mass is 10.1. The van der Waals surface area contributed by atoms with Gasteiger partial charge in [-0.05, 0) is 31.2 Å². The summed E-state index contributed by atoms with van der Waals surface area (Å²) in [4.78, 5) is 29.0. The number of aromatic nitrogens is 4. The average Bonchev–Trinajstić information content (AvgIpc) is 2.73. The van der Waals surface area contributed by atoms with Crippen molar-refractivity contribution < 1.29 is 9.53 Å². The molecule has 1 atom stereocenters. The molecule has 0 saturated heterocycles. The number of para-hydroxylation sites is 1. The average molecular weight is 374 g/mol. The lowest BCUT2D eigenvalue weighted by Crippen LogP contribution is -2.26. The number of fused-ring (bicyclic) bond motifs is 2. The molecular weight excluding hydrogens is 356 g/mol. The topological polar surface area (TPSA) is 87.0 Å². The number of aryl methyl sites for hydroxylation is 1. The number of hydrogen-bond acceptors (Lipinski definition) is 6. The van der Waals surface area contributed by atoms with Crippen LogP contribution in [0.25, 0.3) is 21.8 Å². The number of nitrogens with zero attached hydrogens (tertiary/aromatic N) is 4. The van der Waals surface area contributed by atoms with Gasteiger partial charge in [0.05, 0.1) is 23.9 Å². The molecule has 0 aliphatic rings. The summed E-state index contributed by atoms with van der Waals surface area (Å²) in [5, 5.41) is 9.36. The predicted molar refractivity (Wildman–Crippen MR) is 105 cm³/mol. The molecule has 0 saturated carbocycles. The number of pyridine rings is 1. The van der Waals surface area contributed by atoms with E-state index in [2.05, 4.69) is 15.3 Å². The van der Waals surface area contributed by atoms with Gasteiger partial charge < -0.3 is 4.74 Å². The van der Waals surface area contributed by atoms with Gasteiger partial charge in [0.2, 0.25) is 0 Å². The molecule has 4 aromatic rings. The molecule has 1 unspecified atom stereocenters. The van der Waals surface area contributed by atoms with Crippen molar-refractivity contribution >= 4 is 27.8 Å². The van der Waals surface area contributed by atoms with Crippen LogP contribution >= 0.6 is 0 Å². The predicted octanol–water partition coefficient (Wildman–Crippen LogP) is 3.03. The summed E-state index contributed by atoms with van der Waals surface area (Å²) >= 11 is 0. The van der Waals surface area contributed by atoms with E-state index < -0.39 is 12.1 Å². The van der Waals surface area contributed by atoms with Crippen LogP contribution in [0.3, 0.4) is 0 Å². The van der Waals surface area contributed by atoms with Gasteiger partial charge in [0.1, 0.15) is 11.6 Å². The Balaban J connectivity index is 1.42. The van der Waals surface area contributed by atoms with Crippen molar-refractivity contribution in [2.24, 2.45) is 0 Å². The molecule has 0 radical (unpaired) electrons. The van der Waals surface area contributed by atoms with E-state index in [-0.39, 0.29) is 18.5 Å². The fourth-order valence-corrected chi connectivity index (χ4v) is 3.00. The molecule has 28 heavy (non-hydrogen) atoms. The van der Waals surface area contributed by atoms with Gasteiger partial charge in [-0.1, -0.05) is 35.5 Å². The van der Waals surface area contributed by atoms with E-state index in [0.717, 1.165) is 16.5 Å². The van der Waals surface area contributed by atoms with E-state index in [0.29, 0.717) is 10.9 Å². The SMILES string of the molecule is CC(OC(=O)CCn1nnc2ccccc2c1=O)c1cnc2ccccc2c1. The fraction of sp³-hybridized carbons (Fsp3) is 0.190. The van der Waals surface area contributed by atoms with E-state index in [1.807, 2.05) is 30.3 Å². The third-order valence-corrected chi connectivity index (χ3v) is 4.55. The number of carbonyl (C=O) groups is 1. The molecule has 2 aromatic carbocycles. The number of rotatable bonds is 5. The van der Waals surface area contributed by atoms with Crippen LogP contribution in [0, 0.1) is 0 Å². The summed E-state index contributed by atoms with van der Waals surface area (Å²) in [6.45, 7) is 1.91. The number of carbonyl (C=O) groups excluding carboxylic acids is 1. The van der Waals surface area contributed by atoms with Crippen LogP contribution in [-0.2, 0) is 16.1 Å². The van der Waals surface area contributed by atoms with Crippen LogP contribution in [0.5, 0.6) is 0 Å². The maximum atomic E-state index is 12.4. The highest BCUT2D eigenvalue weighted by Crippen LogP contribution is 2.21. The molecule has 4 rings (SSSR count). The van der Waals surface area contributed by atoms with Crippen LogP contribution in [0.1, 0.15) is 25.0 Å². The quantitative estimate of drug-likeness (QED) is 0.499. The fourth-order valence-electron chi connectivity index (χ4n) is 3.00. The Labute approximate surface area is 160 Å². The zero-order chi connectivity index (χ0) is 19.5. The zero-order valence-corrected chi connectivity index (χ0v) is 15.3. The molecule has 0 aliphatic heterocycles. The summed E-state index contributed by atoms with van der Waals surface area (Å²) in [5.74, 6) is -0.414. The van der Waals surface area contributed by atoms with E-state index in [1.54, 1.807) is 37.4 Å². The summed E-state index contributed by atoms with van der Waals surface area (Å²) in [6.07, 6.45) is 1.29. The standard InChI is InChI=1S/C21H18N4O3/c1-14(16-12-15-6-2-4-8-18(15)22-13-16)28-20(26)10-11-25-21(27)17-7-3-5-9-19(17)23-24-25/h2-9,12-14H,10-11H2,1H3. The van der Waals surface area contributed by atoms with Crippen LogP contribution in [0.2, 0.25) is 0 Å². The van der Waals surface area contributed by atoms with Gasteiger partial charge in [0.15, 0.2) is 0 Å². The van der Waals surface area contributed by atoms with E-state index in [9.17, 15) is 9.59 Å². The Kier molecular flexibility index (Phi) is 4.80. The lowest BCUT2D eigenvalue weighted by molar-refractivity contribution is -0.148. The van der Waals surface area contributed by atoms with Gasteiger partial charge in [-0.2, -0.15) is 0 Å². The normalized spacial score (nSPS) is 12.2. The molecule has 0 bridgehead atoms. The van der Waals surface area contributed by atoms with E-state index in [1.165, 1.54) is 4.68 Å². The highest BCUT2D eigenvalue weighted by molar-refractivity contribution is 5.79.